The molecule has 0 aromatic heterocycles. The van der Waals surface area contributed by atoms with Crippen LogP contribution in [0.2, 0.25) is 0 Å². The van der Waals surface area contributed by atoms with E-state index in [0.29, 0.717) is 18.7 Å². The van der Waals surface area contributed by atoms with Crippen LogP contribution in [0.4, 0.5) is 0 Å². The Labute approximate surface area is 73.8 Å². The van der Waals surface area contributed by atoms with Crippen molar-refractivity contribution in [2.75, 3.05) is 13.2 Å². The van der Waals surface area contributed by atoms with Crippen molar-refractivity contribution in [1.82, 2.24) is 5.32 Å². The summed E-state index contributed by atoms with van der Waals surface area (Å²) in [5.41, 5.74) is 0.527. The summed E-state index contributed by atoms with van der Waals surface area (Å²) >= 11 is 0. The van der Waals surface area contributed by atoms with Gasteiger partial charge in [0.05, 0.1) is 12.7 Å². The Bertz CT molecular complexity index is 164. The predicted octanol–water partition coefficient (Wildman–Crippen LogP) is 1.10. The molecule has 0 aromatic carbocycles. The van der Waals surface area contributed by atoms with Crippen LogP contribution in [0.1, 0.15) is 20.8 Å². The molecule has 0 saturated heterocycles. The topological polar surface area (TPSA) is 38.3 Å². The Balaban J connectivity index is 3.32. The fraction of sp³-hybridized carbons (Fsp3) is 0.667. The van der Waals surface area contributed by atoms with Gasteiger partial charge in [-0.2, -0.15) is 0 Å². The largest absolute Gasteiger partial charge is 0.377 e. The molecule has 0 bridgehead atoms. The van der Waals surface area contributed by atoms with Crippen molar-refractivity contribution in [1.29, 1.82) is 0 Å². The Morgan fingerprint density at radius 3 is 2.58 bits per heavy atom. The van der Waals surface area contributed by atoms with E-state index in [0.717, 1.165) is 0 Å². The SMILES string of the molecule is C=C(C)C(=O)NCCOC(C)C. The molecule has 0 aliphatic carbocycles. The van der Waals surface area contributed by atoms with Crippen molar-refractivity contribution in [2.24, 2.45) is 0 Å². The van der Waals surface area contributed by atoms with Gasteiger partial charge >= 0.3 is 0 Å². The monoisotopic (exact) mass is 171 g/mol. The number of rotatable bonds is 5. The first-order valence-electron chi connectivity index (χ1n) is 4.09. The summed E-state index contributed by atoms with van der Waals surface area (Å²) < 4.78 is 5.23. The normalized spacial score (nSPS) is 10.0. The summed E-state index contributed by atoms with van der Waals surface area (Å²) in [6, 6.07) is 0. The molecule has 1 N–H and O–H groups in total. The number of hydrogen-bond acceptors (Lipinski definition) is 2. The average Bonchev–Trinajstić information content (AvgIpc) is 1.97. The summed E-state index contributed by atoms with van der Waals surface area (Å²) in [5.74, 6) is -0.109. The van der Waals surface area contributed by atoms with Crippen LogP contribution < -0.4 is 5.32 Å². The minimum Gasteiger partial charge on any atom is -0.377 e. The van der Waals surface area contributed by atoms with Crippen LogP contribution in [0, 0.1) is 0 Å². The first-order chi connectivity index (χ1) is 5.54. The maximum atomic E-state index is 10.9. The lowest BCUT2D eigenvalue weighted by Gasteiger charge is -2.08. The third kappa shape index (κ3) is 5.92. The van der Waals surface area contributed by atoms with Crippen LogP contribution in [-0.2, 0) is 9.53 Å². The van der Waals surface area contributed by atoms with Gasteiger partial charge in [-0.25, -0.2) is 0 Å². The van der Waals surface area contributed by atoms with Gasteiger partial charge in [0.1, 0.15) is 0 Å². The zero-order valence-corrected chi connectivity index (χ0v) is 8.02. The second-order valence-electron chi connectivity index (χ2n) is 2.96. The Kier molecular flexibility index (Phi) is 5.37. The number of carbonyl (C=O) groups excluding carboxylic acids is 1. The van der Waals surface area contributed by atoms with Crippen molar-refractivity contribution in [3.8, 4) is 0 Å². The molecule has 12 heavy (non-hydrogen) atoms. The average molecular weight is 171 g/mol. The summed E-state index contributed by atoms with van der Waals surface area (Å²) in [4.78, 5) is 10.9. The molecule has 0 aliphatic heterocycles. The summed E-state index contributed by atoms with van der Waals surface area (Å²) in [7, 11) is 0. The fourth-order valence-corrected chi connectivity index (χ4v) is 0.610. The predicted molar refractivity (Wildman–Crippen MR) is 48.9 cm³/mol. The zero-order chi connectivity index (χ0) is 9.56. The van der Waals surface area contributed by atoms with E-state index < -0.39 is 0 Å². The Morgan fingerprint density at radius 1 is 1.58 bits per heavy atom. The van der Waals surface area contributed by atoms with Crippen molar-refractivity contribution in [2.45, 2.75) is 26.9 Å². The van der Waals surface area contributed by atoms with Crippen LogP contribution >= 0.6 is 0 Å². The van der Waals surface area contributed by atoms with Crippen LogP contribution in [-0.4, -0.2) is 25.2 Å². The van der Waals surface area contributed by atoms with E-state index in [-0.39, 0.29) is 12.0 Å². The lowest BCUT2D eigenvalue weighted by Crippen LogP contribution is -2.28. The van der Waals surface area contributed by atoms with E-state index in [1.165, 1.54) is 0 Å². The quantitative estimate of drug-likeness (QED) is 0.497. The number of hydrogen-bond donors (Lipinski definition) is 1. The standard InChI is InChI=1S/C9H17NO2/c1-7(2)9(11)10-5-6-12-8(3)4/h8H,1,5-6H2,2-4H3,(H,10,11). The Morgan fingerprint density at radius 2 is 2.17 bits per heavy atom. The van der Waals surface area contributed by atoms with Gasteiger partial charge in [-0.1, -0.05) is 6.58 Å². The third-order valence-electron chi connectivity index (χ3n) is 1.23. The van der Waals surface area contributed by atoms with Gasteiger partial charge < -0.3 is 10.1 Å². The smallest absolute Gasteiger partial charge is 0.246 e. The van der Waals surface area contributed by atoms with E-state index in [1.54, 1.807) is 6.92 Å². The molecule has 1 amide bonds. The molecule has 3 nitrogen and oxygen atoms in total. The van der Waals surface area contributed by atoms with Gasteiger partial charge in [-0.3, -0.25) is 4.79 Å². The van der Waals surface area contributed by atoms with Crippen molar-refractivity contribution >= 4 is 5.91 Å². The highest BCUT2D eigenvalue weighted by molar-refractivity contribution is 5.91. The van der Waals surface area contributed by atoms with Crippen molar-refractivity contribution < 1.29 is 9.53 Å². The van der Waals surface area contributed by atoms with Gasteiger partial charge in [-0.15, -0.1) is 0 Å². The molecular formula is C9H17NO2. The highest BCUT2D eigenvalue weighted by Crippen LogP contribution is 1.87. The molecule has 0 aromatic rings. The van der Waals surface area contributed by atoms with Gasteiger partial charge in [0.15, 0.2) is 0 Å². The molecule has 0 spiro atoms. The fourth-order valence-electron chi connectivity index (χ4n) is 0.610. The molecule has 0 rings (SSSR count). The Hall–Kier alpha value is -0.830. The van der Waals surface area contributed by atoms with E-state index in [4.69, 9.17) is 4.74 Å². The highest BCUT2D eigenvalue weighted by atomic mass is 16.5. The zero-order valence-electron chi connectivity index (χ0n) is 8.02. The number of nitrogens with one attached hydrogen (secondary N) is 1. The van der Waals surface area contributed by atoms with Gasteiger partial charge in [0.25, 0.3) is 0 Å². The molecule has 0 atom stereocenters. The molecule has 0 radical (unpaired) electrons. The van der Waals surface area contributed by atoms with Crippen molar-refractivity contribution in [3.63, 3.8) is 0 Å². The van der Waals surface area contributed by atoms with E-state index in [9.17, 15) is 4.79 Å². The summed E-state index contributed by atoms with van der Waals surface area (Å²) in [6.45, 7) is 10.2. The number of ether oxygens (including phenoxy) is 1. The van der Waals surface area contributed by atoms with Crippen LogP contribution in [0.15, 0.2) is 12.2 Å². The minimum atomic E-state index is -0.109. The molecule has 0 unspecified atom stereocenters. The molecule has 3 heteroatoms. The van der Waals surface area contributed by atoms with Gasteiger partial charge in [-0.05, 0) is 20.8 Å². The van der Waals surface area contributed by atoms with Crippen molar-refractivity contribution in [3.05, 3.63) is 12.2 Å². The number of carbonyl (C=O) groups is 1. The lowest BCUT2D eigenvalue weighted by molar-refractivity contribution is -0.117. The second-order valence-corrected chi connectivity index (χ2v) is 2.96. The number of amides is 1. The molecule has 0 heterocycles. The first-order valence-corrected chi connectivity index (χ1v) is 4.09. The summed E-state index contributed by atoms with van der Waals surface area (Å²) in [5, 5.41) is 2.67. The molecule has 0 aliphatic rings. The van der Waals surface area contributed by atoms with Crippen LogP contribution in [0.5, 0.6) is 0 Å². The lowest BCUT2D eigenvalue weighted by atomic mass is 10.3. The van der Waals surface area contributed by atoms with Gasteiger partial charge in [0, 0.05) is 12.1 Å². The van der Waals surface area contributed by atoms with E-state index in [1.807, 2.05) is 13.8 Å². The van der Waals surface area contributed by atoms with Crippen LogP contribution in [0.25, 0.3) is 0 Å². The minimum absolute atomic E-state index is 0.109. The maximum absolute atomic E-state index is 10.9. The van der Waals surface area contributed by atoms with E-state index >= 15 is 0 Å². The summed E-state index contributed by atoms with van der Waals surface area (Å²) in [6.07, 6.45) is 0.215. The van der Waals surface area contributed by atoms with Gasteiger partial charge in [0.2, 0.25) is 5.91 Å². The maximum Gasteiger partial charge on any atom is 0.246 e. The molecular weight excluding hydrogens is 154 g/mol. The molecule has 70 valence electrons. The molecule has 0 saturated carbocycles. The second kappa shape index (κ2) is 5.77. The van der Waals surface area contributed by atoms with E-state index in [2.05, 4.69) is 11.9 Å². The first kappa shape index (κ1) is 11.2. The molecule has 0 fully saturated rings. The highest BCUT2D eigenvalue weighted by Gasteiger charge is 1.99. The van der Waals surface area contributed by atoms with Crippen LogP contribution in [0.3, 0.4) is 0 Å². The third-order valence-corrected chi connectivity index (χ3v) is 1.23.